The number of esters is 1. The van der Waals surface area contributed by atoms with E-state index in [1.54, 1.807) is 0 Å². The highest BCUT2D eigenvalue weighted by molar-refractivity contribution is 6.35. The van der Waals surface area contributed by atoms with E-state index in [4.69, 9.17) is 26.2 Å². The number of fused-ring (bicyclic) bond motifs is 3. The van der Waals surface area contributed by atoms with Crippen molar-refractivity contribution in [3.8, 4) is 16.9 Å². The van der Waals surface area contributed by atoms with Gasteiger partial charge in [-0.1, -0.05) is 55.8 Å². The topological polar surface area (TPSA) is 78.5 Å². The minimum absolute atomic E-state index is 0.0478. The zero-order chi connectivity index (χ0) is 29.8. The Kier molecular flexibility index (Phi) is 7.27. The van der Waals surface area contributed by atoms with Gasteiger partial charge in [-0.25, -0.2) is 4.79 Å². The minimum Gasteiger partial charge on any atom is -0.493 e. The van der Waals surface area contributed by atoms with Gasteiger partial charge in [0.05, 0.1) is 26.0 Å². The fourth-order valence-electron chi connectivity index (χ4n) is 6.57. The standard InChI is InChI=1S/C34H36ClN3O4/c1-20-15-22-9-6-7-10-23(22)28(16-20)42-14-8-13-37-26-12-11-24(35)30(29(26)21(2)32(37)33(40)41-5)31-25(18-39)36-38-19-34(3,4)17-27(31)38/h6-7,9-12,15-16,39H,8,13-14,17-19H2,1-5H3. The number of aryl methyl sites for hydroxylation is 3. The third kappa shape index (κ3) is 4.74. The van der Waals surface area contributed by atoms with Gasteiger partial charge in [0.1, 0.15) is 11.4 Å². The number of hydrogen-bond donors (Lipinski definition) is 1. The van der Waals surface area contributed by atoms with E-state index in [0.29, 0.717) is 36.0 Å². The van der Waals surface area contributed by atoms with Gasteiger partial charge in [-0.2, -0.15) is 5.10 Å². The molecule has 1 aliphatic heterocycles. The maximum atomic E-state index is 13.2. The summed E-state index contributed by atoms with van der Waals surface area (Å²) in [4.78, 5) is 13.2. The average molecular weight is 586 g/mol. The quantitative estimate of drug-likeness (QED) is 0.153. The first-order valence-electron chi connectivity index (χ1n) is 14.3. The van der Waals surface area contributed by atoms with Crippen LogP contribution in [0.25, 0.3) is 32.8 Å². The molecule has 0 fully saturated rings. The lowest BCUT2D eigenvalue weighted by atomic mass is 9.88. The zero-order valence-corrected chi connectivity index (χ0v) is 25.5. The van der Waals surface area contributed by atoms with Gasteiger partial charge in [0.15, 0.2) is 0 Å². The molecule has 8 heteroatoms. The summed E-state index contributed by atoms with van der Waals surface area (Å²) in [6, 6.07) is 16.3. The summed E-state index contributed by atoms with van der Waals surface area (Å²) in [5.41, 5.74) is 6.69. The average Bonchev–Trinajstić information content (AvgIpc) is 3.54. The predicted molar refractivity (Wildman–Crippen MR) is 166 cm³/mol. The number of aliphatic hydroxyl groups excluding tert-OH is 1. The molecule has 5 aromatic rings. The van der Waals surface area contributed by atoms with Gasteiger partial charge in [0.25, 0.3) is 0 Å². The van der Waals surface area contributed by atoms with Crippen molar-refractivity contribution in [3.63, 3.8) is 0 Å². The van der Waals surface area contributed by atoms with Gasteiger partial charge in [0, 0.05) is 51.2 Å². The molecule has 2 aromatic heterocycles. The fraction of sp³-hybridized carbons (Fsp3) is 0.353. The van der Waals surface area contributed by atoms with Gasteiger partial charge in [0.2, 0.25) is 0 Å². The van der Waals surface area contributed by atoms with Crippen molar-refractivity contribution in [2.75, 3.05) is 13.7 Å². The first-order valence-corrected chi connectivity index (χ1v) is 14.7. The first kappa shape index (κ1) is 28.3. The third-order valence-electron chi connectivity index (χ3n) is 8.31. The predicted octanol–water partition coefficient (Wildman–Crippen LogP) is 7.26. The molecular weight excluding hydrogens is 550 g/mol. The van der Waals surface area contributed by atoms with Crippen molar-refractivity contribution in [1.82, 2.24) is 14.3 Å². The molecule has 0 bridgehead atoms. The van der Waals surface area contributed by atoms with Crippen molar-refractivity contribution in [2.45, 2.75) is 60.2 Å². The van der Waals surface area contributed by atoms with Gasteiger partial charge < -0.3 is 19.1 Å². The van der Waals surface area contributed by atoms with Crippen molar-refractivity contribution in [2.24, 2.45) is 5.41 Å². The number of methoxy groups -OCH3 is 1. The Morgan fingerprint density at radius 1 is 1.12 bits per heavy atom. The number of hydrogen-bond acceptors (Lipinski definition) is 5. The van der Waals surface area contributed by atoms with Gasteiger partial charge >= 0.3 is 5.97 Å². The summed E-state index contributed by atoms with van der Waals surface area (Å²) < 4.78 is 15.5. The van der Waals surface area contributed by atoms with Crippen LogP contribution >= 0.6 is 11.6 Å². The molecule has 0 saturated heterocycles. The van der Waals surface area contributed by atoms with Gasteiger partial charge in [-0.05, 0) is 66.8 Å². The Labute approximate surface area is 250 Å². The van der Waals surface area contributed by atoms with Crippen LogP contribution in [-0.4, -0.2) is 39.1 Å². The molecule has 3 heterocycles. The lowest BCUT2D eigenvalue weighted by Crippen LogP contribution is -2.13. The van der Waals surface area contributed by atoms with E-state index in [2.05, 4.69) is 45.0 Å². The molecule has 0 unspecified atom stereocenters. The monoisotopic (exact) mass is 585 g/mol. The highest BCUT2D eigenvalue weighted by Gasteiger charge is 2.35. The number of carbonyl (C=O) groups excluding carboxylic acids is 1. The maximum Gasteiger partial charge on any atom is 0.354 e. The van der Waals surface area contributed by atoms with Crippen LogP contribution in [0.4, 0.5) is 0 Å². The fourth-order valence-corrected chi connectivity index (χ4v) is 6.82. The van der Waals surface area contributed by atoms with Crippen LogP contribution in [0.5, 0.6) is 5.75 Å². The molecule has 6 rings (SSSR count). The van der Waals surface area contributed by atoms with E-state index in [9.17, 15) is 9.90 Å². The molecule has 7 nitrogen and oxygen atoms in total. The lowest BCUT2D eigenvalue weighted by molar-refractivity contribution is 0.0587. The van der Waals surface area contributed by atoms with E-state index >= 15 is 0 Å². The Morgan fingerprint density at radius 3 is 2.67 bits per heavy atom. The van der Waals surface area contributed by atoms with E-state index < -0.39 is 5.97 Å². The summed E-state index contributed by atoms with van der Waals surface area (Å²) in [5.74, 6) is 0.455. The summed E-state index contributed by atoms with van der Waals surface area (Å²) in [7, 11) is 1.40. The first-order chi connectivity index (χ1) is 20.1. The molecule has 218 valence electrons. The number of nitrogens with zero attached hydrogens (tertiary/aromatic N) is 3. The second-order valence-electron chi connectivity index (χ2n) is 12.0. The van der Waals surface area contributed by atoms with Crippen LogP contribution in [0.2, 0.25) is 5.02 Å². The van der Waals surface area contributed by atoms with Crippen molar-refractivity contribution in [1.29, 1.82) is 0 Å². The van der Waals surface area contributed by atoms with Crippen LogP contribution in [-0.2, 0) is 30.9 Å². The van der Waals surface area contributed by atoms with Crippen molar-refractivity contribution >= 4 is 39.2 Å². The number of rotatable bonds is 8. The van der Waals surface area contributed by atoms with E-state index in [1.807, 2.05) is 40.4 Å². The molecule has 1 N–H and O–H groups in total. The highest BCUT2D eigenvalue weighted by atomic mass is 35.5. The maximum absolute atomic E-state index is 13.2. The van der Waals surface area contributed by atoms with Crippen LogP contribution in [0.3, 0.4) is 0 Å². The molecule has 0 aliphatic carbocycles. The number of halogens is 1. The zero-order valence-electron chi connectivity index (χ0n) is 24.8. The van der Waals surface area contributed by atoms with Crippen LogP contribution in [0.15, 0.2) is 48.5 Å². The minimum atomic E-state index is -0.403. The largest absolute Gasteiger partial charge is 0.493 e. The number of aromatic nitrogens is 3. The van der Waals surface area contributed by atoms with E-state index in [1.165, 1.54) is 7.11 Å². The summed E-state index contributed by atoms with van der Waals surface area (Å²) in [6.45, 7) is 10.0. The smallest absolute Gasteiger partial charge is 0.354 e. The molecule has 3 aromatic carbocycles. The van der Waals surface area contributed by atoms with Crippen molar-refractivity contribution < 1.29 is 19.4 Å². The van der Waals surface area contributed by atoms with Gasteiger partial charge in [-0.15, -0.1) is 0 Å². The second kappa shape index (κ2) is 10.8. The Balaban J connectivity index is 1.40. The lowest BCUT2D eigenvalue weighted by Gasteiger charge is -2.16. The van der Waals surface area contributed by atoms with Crippen LogP contribution in [0, 0.1) is 19.3 Å². The summed E-state index contributed by atoms with van der Waals surface area (Å²) in [6.07, 6.45) is 1.49. The molecule has 1 aliphatic rings. The molecule has 42 heavy (non-hydrogen) atoms. The molecular formula is C34H36ClN3O4. The molecule has 0 saturated carbocycles. The Hall–Kier alpha value is -3.81. The molecule has 0 spiro atoms. The Bertz CT molecular complexity index is 1850. The number of benzene rings is 3. The SMILES string of the molecule is COC(=O)c1c(C)c2c(-c3c(CO)nn4c3CC(C)(C)C4)c(Cl)ccc2n1CCCOc1cc(C)cc2ccccc12. The van der Waals surface area contributed by atoms with E-state index in [0.717, 1.165) is 68.3 Å². The van der Waals surface area contributed by atoms with Crippen molar-refractivity contribution in [3.05, 3.63) is 81.8 Å². The molecule has 0 atom stereocenters. The number of carbonyl (C=O) groups is 1. The molecule has 0 radical (unpaired) electrons. The highest BCUT2D eigenvalue weighted by Crippen LogP contribution is 2.46. The van der Waals surface area contributed by atoms with Crippen LogP contribution in [0.1, 0.15) is 53.3 Å². The third-order valence-corrected chi connectivity index (χ3v) is 8.62. The summed E-state index contributed by atoms with van der Waals surface area (Å²) >= 11 is 6.93. The molecule has 0 amide bonds. The second-order valence-corrected chi connectivity index (χ2v) is 12.5. The van der Waals surface area contributed by atoms with Crippen LogP contribution < -0.4 is 4.74 Å². The van der Waals surface area contributed by atoms with Gasteiger partial charge in [-0.3, -0.25) is 4.68 Å². The number of ether oxygens (including phenoxy) is 2. The normalized spacial score (nSPS) is 14.1. The van der Waals surface area contributed by atoms with E-state index in [-0.39, 0.29) is 12.0 Å². The Morgan fingerprint density at radius 2 is 1.90 bits per heavy atom. The number of aliphatic hydroxyl groups is 1. The summed E-state index contributed by atoms with van der Waals surface area (Å²) in [5, 5.41) is 18.7.